The van der Waals surface area contributed by atoms with E-state index in [9.17, 15) is 24.8 Å². The molecule has 194 valence electrons. The van der Waals surface area contributed by atoms with Gasteiger partial charge in [-0.2, -0.15) is 0 Å². The topological polar surface area (TPSA) is 159 Å². The molecule has 12 heteroatoms. The number of hydrogen-bond acceptors (Lipinski definition) is 9. The molecule has 0 atom stereocenters. The summed E-state index contributed by atoms with van der Waals surface area (Å²) in [7, 11) is 1.61. The lowest BCUT2D eigenvalue weighted by Crippen LogP contribution is -2.17. The summed E-state index contributed by atoms with van der Waals surface area (Å²) in [5, 5.41) is 22.6. The summed E-state index contributed by atoms with van der Waals surface area (Å²) in [4.78, 5) is 38.2. The third-order valence-corrected chi connectivity index (χ3v) is 4.86. The van der Waals surface area contributed by atoms with Gasteiger partial charge >= 0.3 is 5.97 Å². The number of pyridine rings is 1. The fourth-order valence-electron chi connectivity index (χ4n) is 3.07. The Morgan fingerprint density at radius 3 is 2.38 bits per heavy atom. The number of carboxylic acid groups (broad SMARTS) is 1. The lowest BCUT2D eigenvalue weighted by Gasteiger charge is -2.10. The van der Waals surface area contributed by atoms with Crippen molar-refractivity contribution in [2.24, 2.45) is 0 Å². The number of nitro groups is 1. The van der Waals surface area contributed by atoms with Crippen LogP contribution in [0.2, 0.25) is 0 Å². The minimum absolute atomic E-state index is 0.0398. The average Bonchev–Trinajstić information content (AvgIpc) is 2.88. The number of nitrogens with one attached hydrogen (secondary N) is 1. The van der Waals surface area contributed by atoms with Gasteiger partial charge in [0.05, 0.1) is 42.4 Å². The third-order valence-electron chi connectivity index (χ3n) is 4.86. The third kappa shape index (κ3) is 8.56. The summed E-state index contributed by atoms with van der Waals surface area (Å²) in [6, 6.07) is 13.4. The Balaban J connectivity index is 1.50. The highest BCUT2D eigenvalue weighted by molar-refractivity contribution is 6.01. The summed E-state index contributed by atoms with van der Waals surface area (Å²) in [6.07, 6.45) is 1.37. The molecule has 1 aromatic heterocycles. The quantitative estimate of drug-likeness (QED) is 0.186. The molecule has 2 N–H and O–H groups in total. The largest absolute Gasteiger partial charge is 0.491 e. The number of aromatic carboxylic acids is 1. The van der Waals surface area contributed by atoms with Gasteiger partial charge in [0.15, 0.2) is 0 Å². The van der Waals surface area contributed by atoms with Gasteiger partial charge in [0.25, 0.3) is 5.69 Å². The van der Waals surface area contributed by atoms with Crippen LogP contribution < -0.4 is 14.8 Å². The highest BCUT2D eigenvalue weighted by Crippen LogP contribution is 2.24. The summed E-state index contributed by atoms with van der Waals surface area (Å²) in [6.45, 7) is 1.89. The van der Waals surface area contributed by atoms with Crippen molar-refractivity contribution in [3.63, 3.8) is 0 Å². The zero-order valence-electron chi connectivity index (χ0n) is 19.9. The molecular weight excluding hydrogens is 486 g/mol. The van der Waals surface area contributed by atoms with Gasteiger partial charge in [-0.25, -0.2) is 9.78 Å². The fraction of sp³-hybridized carbons (Fsp3) is 0.240. The van der Waals surface area contributed by atoms with Gasteiger partial charge in [-0.05, 0) is 35.9 Å². The maximum absolute atomic E-state index is 12.4. The number of anilines is 1. The summed E-state index contributed by atoms with van der Waals surface area (Å²) >= 11 is 0. The number of carbonyl (C=O) groups excluding carboxylic acids is 1. The Bertz CT molecular complexity index is 1220. The number of non-ortho nitro benzene ring substituents is 1. The molecule has 0 aliphatic heterocycles. The second-order valence-corrected chi connectivity index (χ2v) is 7.55. The van der Waals surface area contributed by atoms with Crippen LogP contribution in [0.1, 0.15) is 15.9 Å². The molecule has 0 unspecified atom stereocenters. The van der Waals surface area contributed by atoms with Crippen LogP contribution in [0.15, 0.2) is 60.8 Å². The van der Waals surface area contributed by atoms with Gasteiger partial charge in [0.2, 0.25) is 11.8 Å². The normalized spacial score (nSPS) is 10.5. The van der Waals surface area contributed by atoms with E-state index in [4.69, 9.17) is 18.9 Å². The van der Waals surface area contributed by atoms with Crippen LogP contribution in [0, 0.1) is 10.1 Å². The smallest absolute Gasteiger partial charge is 0.338 e. The molecule has 0 aliphatic rings. The molecule has 1 amide bonds. The van der Waals surface area contributed by atoms with Crippen LogP contribution >= 0.6 is 0 Å². The molecular formula is C25H25N3O9. The fourth-order valence-corrected chi connectivity index (χ4v) is 3.07. The second-order valence-electron chi connectivity index (χ2n) is 7.55. The molecule has 0 saturated heterocycles. The molecule has 0 saturated carbocycles. The number of benzene rings is 2. The van der Waals surface area contributed by atoms with E-state index in [2.05, 4.69) is 10.3 Å². The standard InChI is InChI=1S/C25H25N3O9/c1-34-10-11-35-12-13-36-19-4-6-20(7-5-19)37-24-9-2-17(16-26-24)14-23(29)27-22-8-3-18(28(32)33)15-21(22)25(30)31/h2-9,15-16H,10-14H2,1H3,(H,27,29)(H,30,31). The molecule has 1 heterocycles. The highest BCUT2D eigenvalue weighted by atomic mass is 16.6. The summed E-state index contributed by atoms with van der Waals surface area (Å²) < 4.78 is 21.5. The highest BCUT2D eigenvalue weighted by Gasteiger charge is 2.18. The molecule has 0 spiro atoms. The molecule has 0 bridgehead atoms. The minimum Gasteiger partial charge on any atom is -0.491 e. The van der Waals surface area contributed by atoms with Gasteiger partial charge < -0.3 is 29.4 Å². The zero-order chi connectivity index (χ0) is 26.6. The van der Waals surface area contributed by atoms with Crippen molar-refractivity contribution in [3.05, 3.63) is 82.0 Å². The Kier molecular flexibility index (Phi) is 9.88. The predicted octanol–water partition coefficient (Wildman–Crippen LogP) is 3.70. The number of amides is 1. The maximum atomic E-state index is 12.4. The SMILES string of the molecule is COCCOCCOc1ccc(Oc2ccc(CC(=O)Nc3ccc([N+](=O)[O-])cc3C(=O)O)cn2)cc1. The molecule has 3 rings (SSSR count). The van der Waals surface area contributed by atoms with E-state index in [0.717, 1.165) is 12.1 Å². The Labute approximate surface area is 211 Å². The number of nitrogens with zero attached hydrogens (tertiary/aromatic N) is 2. The van der Waals surface area contributed by atoms with Gasteiger partial charge in [-0.3, -0.25) is 14.9 Å². The van der Waals surface area contributed by atoms with Crippen molar-refractivity contribution in [2.45, 2.75) is 6.42 Å². The lowest BCUT2D eigenvalue weighted by molar-refractivity contribution is -0.384. The van der Waals surface area contributed by atoms with E-state index < -0.39 is 16.8 Å². The first-order valence-corrected chi connectivity index (χ1v) is 11.1. The van der Waals surface area contributed by atoms with E-state index in [1.54, 1.807) is 43.5 Å². The second kappa shape index (κ2) is 13.5. The molecule has 2 aromatic carbocycles. The Hall–Kier alpha value is -4.55. The van der Waals surface area contributed by atoms with Crippen LogP contribution in [-0.2, 0) is 20.7 Å². The van der Waals surface area contributed by atoms with E-state index in [1.165, 1.54) is 12.3 Å². The number of aromatic nitrogens is 1. The van der Waals surface area contributed by atoms with Gasteiger partial charge in [0.1, 0.15) is 18.1 Å². The van der Waals surface area contributed by atoms with Crippen molar-refractivity contribution in [1.82, 2.24) is 4.98 Å². The van der Waals surface area contributed by atoms with Gasteiger partial charge in [0, 0.05) is 31.5 Å². The number of carboxylic acids is 1. The van der Waals surface area contributed by atoms with Gasteiger partial charge in [-0.15, -0.1) is 0 Å². The van der Waals surface area contributed by atoms with E-state index in [1.807, 2.05) is 0 Å². The summed E-state index contributed by atoms with van der Waals surface area (Å²) in [5.74, 6) is -0.384. The molecule has 12 nitrogen and oxygen atoms in total. The first-order chi connectivity index (χ1) is 17.9. The van der Waals surface area contributed by atoms with E-state index in [0.29, 0.717) is 49.4 Å². The van der Waals surface area contributed by atoms with Crippen molar-refractivity contribution < 1.29 is 38.6 Å². The Morgan fingerprint density at radius 2 is 1.73 bits per heavy atom. The maximum Gasteiger partial charge on any atom is 0.338 e. The zero-order valence-corrected chi connectivity index (χ0v) is 19.9. The minimum atomic E-state index is -1.39. The predicted molar refractivity (Wildman–Crippen MR) is 131 cm³/mol. The van der Waals surface area contributed by atoms with Crippen LogP contribution in [0.25, 0.3) is 0 Å². The van der Waals surface area contributed by atoms with Crippen LogP contribution in [0.5, 0.6) is 17.4 Å². The molecule has 3 aromatic rings. The van der Waals surface area contributed by atoms with Crippen LogP contribution in [0.4, 0.5) is 11.4 Å². The van der Waals surface area contributed by atoms with Gasteiger partial charge in [-0.1, -0.05) is 6.07 Å². The molecule has 0 fully saturated rings. The average molecular weight is 511 g/mol. The van der Waals surface area contributed by atoms with E-state index >= 15 is 0 Å². The summed E-state index contributed by atoms with van der Waals surface area (Å²) in [5.41, 5.74) is -0.251. The molecule has 37 heavy (non-hydrogen) atoms. The lowest BCUT2D eigenvalue weighted by atomic mass is 10.1. The molecule has 0 radical (unpaired) electrons. The number of hydrogen-bond donors (Lipinski definition) is 2. The van der Waals surface area contributed by atoms with Crippen molar-refractivity contribution in [3.8, 4) is 17.4 Å². The van der Waals surface area contributed by atoms with Crippen molar-refractivity contribution >= 4 is 23.3 Å². The van der Waals surface area contributed by atoms with Crippen molar-refractivity contribution in [1.29, 1.82) is 0 Å². The number of ether oxygens (including phenoxy) is 4. The van der Waals surface area contributed by atoms with Crippen LogP contribution in [0.3, 0.4) is 0 Å². The van der Waals surface area contributed by atoms with Crippen molar-refractivity contribution in [2.75, 3.05) is 38.9 Å². The number of carbonyl (C=O) groups is 2. The van der Waals surface area contributed by atoms with E-state index in [-0.39, 0.29) is 23.4 Å². The first kappa shape index (κ1) is 27.0. The number of rotatable bonds is 14. The number of nitro benzene ring substituents is 1. The monoisotopic (exact) mass is 511 g/mol. The molecule has 0 aliphatic carbocycles. The van der Waals surface area contributed by atoms with Crippen LogP contribution in [-0.4, -0.2) is 60.4 Å². The number of methoxy groups -OCH3 is 1. The first-order valence-electron chi connectivity index (χ1n) is 11.1. The Morgan fingerprint density at radius 1 is 1.00 bits per heavy atom.